The zero-order chi connectivity index (χ0) is 14.8. The fraction of sp³-hybridized carbons (Fsp3) is 0.529. The quantitative estimate of drug-likeness (QED) is 0.917. The minimum absolute atomic E-state index is 0.0353. The van der Waals surface area contributed by atoms with Crippen molar-refractivity contribution < 1.29 is 9.59 Å². The van der Waals surface area contributed by atoms with Crippen molar-refractivity contribution in [1.29, 1.82) is 0 Å². The fourth-order valence-electron chi connectivity index (χ4n) is 2.94. The van der Waals surface area contributed by atoms with E-state index in [0.29, 0.717) is 19.0 Å². The van der Waals surface area contributed by atoms with Crippen molar-refractivity contribution in [2.24, 2.45) is 0 Å². The molecule has 2 fully saturated rings. The van der Waals surface area contributed by atoms with Crippen LogP contribution in [0.5, 0.6) is 0 Å². The van der Waals surface area contributed by atoms with Gasteiger partial charge in [-0.1, -0.05) is 24.3 Å². The number of rotatable bonds is 4. The van der Waals surface area contributed by atoms with Crippen LogP contribution in [0.2, 0.25) is 0 Å². The first kappa shape index (κ1) is 14.1. The monoisotopic (exact) mass is 286 g/mol. The molecule has 1 heterocycles. The lowest BCUT2D eigenvalue weighted by Gasteiger charge is -2.24. The van der Waals surface area contributed by atoms with Crippen LogP contribution in [0.4, 0.5) is 0 Å². The highest BCUT2D eigenvalue weighted by atomic mass is 16.2. The number of nitrogens with one attached hydrogen (secondary N) is 1. The fourth-order valence-corrected chi connectivity index (χ4v) is 2.94. The highest BCUT2D eigenvalue weighted by molar-refractivity contribution is 5.89. The molecule has 0 radical (unpaired) electrons. The van der Waals surface area contributed by atoms with E-state index in [1.807, 2.05) is 31.2 Å². The van der Waals surface area contributed by atoms with Gasteiger partial charge in [0.15, 0.2) is 0 Å². The second-order valence-corrected chi connectivity index (χ2v) is 6.13. The molecule has 0 aromatic heterocycles. The van der Waals surface area contributed by atoms with Gasteiger partial charge in [0.1, 0.15) is 6.04 Å². The molecule has 1 aliphatic carbocycles. The first-order valence-electron chi connectivity index (χ1n) is 7.79. The standard InChI is InChI=1S/C17H22N2O2/c1-12-5-2-3-6-13(12)11-16(20)19-10-4-7-15(19)17(21)18-14-8-9-14/h2-3,5-6,14-15H,4,7-11H2,1H3,(H,18,21)/t15-/m1/s1. The summed E-state index contributed by atoms with van der Waals surface area (Å²) in [6.45, 7) is 2.72. The lowest BCUT2D eigenvalue weighted by molar-refractivity contribution is -0.138. The van der Waals surface area contributed by atoms with E-state index >= 15 is 0 Å². The Morgan fingerprint density at radius 1 is 1.24 bits per heavy atom. The molecule has 0 spiro atoms. The Bertz CT molecular complexity index is 551. The summed E-state index contributed by atoms with van der Waals surface area (Å²) in [4.78, 5) is 26.5. The van der Waals surface area contributed by atoms with Crippen LogP contribution in [0.15, 0.2) is 24.3 Å². The van der Waals surface area contributed by atoms with Gasteiger partial charge in [-0.2, -0.15) is 0 Å². The Kier molecular flexibility index (Phi) is 3.95. The predicted octanol–water partition coefficient (Wildman–Crippen LogP) is 1.81. The number of hydrogen-bond acceptors (Lipinski definition) is 2. The maximum absolute atomic E-state index is 12.5. The molecule has 1 saturated carbocycles. The maximum atomic E-state index is 12.5. The summed E-state index contributed by atoms with van der Waals surface area (Å²) in [6, 6.07) is 8.03. The number of amides is 2. The van der Waals surface area contributed by atoms with Gasteiger partial charge in [0.2, 0.25) is 11.8 Å². The van der Waals surface area contributed by atoms with Gasteiger partial charge in [-0.15, -0.1) is 0 Å². The molecular formula is C17H22N2O2. The summed E-state index contributed by atoms with van der Waals surface area (Å²) >= 11 is 0. The summed E-state index contributed by atoms with van der Waals surface area (Å²) < 4.78 is 0. The molecule has 4 heteroatoms. The first-order valence-corrected chi connectivity index (χ1v) is 7.79. The zero-order valence-electron chi connectivity index (χ0n) is 12.5. The molecule has 1 aromatic carbocycles. The first-order chi connectivity index (χ1) is 10.1. The van der Waals surface area contributed by atoms with E-state index in [-0.39, 0.29) is 17.9 Å². The van der Waals surface area contributed by atoms with Gasteiger partial charge >= 0.3 is 0 Å². The van der Waals surface area contributed by atoms with Crippen LogP contribution >= 0.6 is 0 Å². The molecule has 1 aliphatic heterocycles. The van der Waals surface area contributed by atoms with Crippen molar-refractivity contribution in [3.8, 4) is 0 Å². The minimum atomic E-state index is -0.262. The molecule has 1 atom stereocenters. The largest absolute Gasteiger partial charge is 0.352 e. The summed E-state index contributed by atoms with van der Waals surface area (Å²) in [6.07, 6.45) is 4.26. The van der Waals surface area contributed by atoms with Gasteiger partial charge in [0.05, 0.1) is 6.42 Å². The Balaban J connectivity index is 1.65. The van der Waals surface area contributed by atoms with Crippen molar-refractivity contribution in [3.05, 3.63) is 35.4 Å². The number of likely N-dealkylation sites (tertiary alicyclic amines) is 1. The average molecular weight is 286 g/mol. The van der Waals surface area contributed by atoms with Gasteiger partial charge in [0.25, 0.3) is 0 Å². The van der Waals surface area contributed by atoms with Crippen molar-refractivity contribution in [2.45, 2.75) is 51.1 Å². The summed E-state index contributed by atoms with van der Waals surface area (Å²) in [5, 5.41) is 3.02. The van der Waals surface area contributed by atoms with Crippen LogP contribution in [0, 0.1) is 6.92 Å². The molecule has 3 rings (SSSR count). The van der Waals surface area contributed by atoms with Crippen LogP contribution in [-0.4, -0.2) is 35.3 Å². The van der Waals surface area contributed by atoms with Gasteiger partial charge in [-0.25, -0.2) is 0 Å². The topological polar surface area (TPSA) is 49.4 Å². The molecule has 1 aromatic rings. The van der Waals surface area contributed by atoms with E-state index in [1.165, 1.54) is 0 Å². The van der Waals surface area contributed by atoms with Crippen LogP contribution in [0.1, 0.15) is 36.8 Å². The summed E-state index contributed by atoms with van der Waals surface area (Å²) in [7, 11) is 0. The molecule has 21 heavy (non-hydrogen) atoms. The normalized spacial score (nSPS) is 21.4. The second-order valence-electron chi connectivity index (χ2n) is 6.13. The zero-order valence-corrected chi connectivity index (χ0v) is 12.5. The van der Waals surface area contributed by atoms with E-state index in [2.05, 4.69) is 5.32 Å². The van der Waals surface area contributed by atoms with Crippen molar-refractivity contribution >= 4 is 11.8 Å². The highest BCUT2D eigenvalue weighted by Crippen LogP contribution is 2.23. The predicted molar refractivity (Wildman–Crippen MR) is 80.8 cm³/mol. The average Bonchev–Trinajstić information content (AvgIpc) is 3.14. The molecule has 1 N–H and O–H groups in total. The van der Waals surface area contributed by atoms with Crippen molar-refractivity contribution in [1.82, 2.24) is 10.2 Å². The maximum Gasteiger partial charge on any atom is 0.243 e. The van der Waals surface area contributed by atoms with Crippen LogP contribution < -0.4 is 5.32 Å². The van der Waals surface area contributed by atoms with E-state index in [0.717, 1.165) is 36.8 Å². The molecule has 1 saturated heterocycles. The third kappa shape index (κ3) is 3.26. The van der Waals surface area contributed by atoms with Gasteiger partial charge < -0.3 is 10.2 Å². The summed E-state index contributed by atoms with van der Waals surface area (Å²) in [5.41, 5.74) is 2.18. The third-order valence-electron chi connectivity index (χ3n) is 4.40. The lowest BCUT2D eigenvalue weighted by atomic mass is 10.0. The van der Waals surface area contributed by atoms with Crippen LogP contribution in [-0.2, 0) is 16.0 Å². The van der Waals surface area contributed by atoms with Crippen LogP contribution in [0.3, 0.4) is 0 Å². The molecular weight excluding hydrogens is 264 g/mol. The Morgan fingerprint density at radius 3 is 2.71 bits per heavy atom. The highest BCUT2D eigenvalue weighted by Gasteiger charge is 2.36. The Hall–Kier alpha value is -1.84. The van der Waals surface area contributed by atoms with E-state index in [4.69, 9.17) is 0 Å². The SMILES string of the molecule is Cc1ccccc1CC(=O)N1CCC[C@@H]1C(=O)NC1CC1. The number of nitrogens with zero attached hydrogens (tertiary/aromatic N) is 1. The van der Waals surface area contributed by atoms with Gasteiger partial charge in [-0.05, 0) is 43.7 Å². The minimum Gasteiger partial charge on any atom is -0.352 e. The van der Waals surface area contributed by atoms with E-state index in [1.54, 1.807) is 4.90 Å². The Labute approximate surface area is 125 Å². The molecule has 2 aliphatic rings. The number of carbonyl (C=O) groups excluding carboxylic acids is 2. The Morgan fingerprint density at radius 2 is 2.00 bits per heavy atom. The van der Waals surface area contributed by atoms with Gasteiger partial charge in [-0.3, -0.25) is 9.59 Å². The number of benzene rings is 1. The molecule has 0 unspecified atom stereocenters. The van der Waals surface area contributed by atoms with Gasteiger partial charge in [0, 0.05) is 12.6 Å². The van der Waals surface area contributed by atoms with Crippen molar-refractivity contribution in [2.75, 3.05) is 6.54 Å². The number of aryl methyl sites for hydroxylation is 1. The summed E-state index contributed by atoms with van der Waals surface area (Å²) in [5.74, 6) is 0.103. The second kappa shape index (κ2) is 5.88. The number of hydrogen-bond donors (Lipinski definition) is 1. The molecule has 0 bridgehead atoms. The third-order valence-corrected chi connectivity index (χ3v) is 4.40. The molecule has 112 valence electrons. The van der Waals surface area contributed by atoms with Crippen molar-refractivity contribution in [3.63, 3.8) is 0 Å². The lowest BCUT2D eigenvalue weighted by Crippen LogP contribution is -2.47. The molecule has 2 amide bonds. The van der Waals surface area contributed by atoms with E-state index < -0.39 is 0 Å². The molecule has 4 nitrogen and oxygen atoms in total. The smallest absolute Gasteiger partial charge is 0.243 e. The van der Waals surface area contributed by atoms with Crippen LogP contribution in [0.25, 0.3) is 0 Å². The number of carbonyl (C=O) groups is 2. The van der Waals surface area contributed by atoms with E-state index in [9.17, 15) is 9.59 Å².